The van der Waals surface area contributed by atoms with Crippen LogP contribution in [-0.4, -0.2) is 17.2 Å². The highest BCUT2D eigenvalue weighted by atomic mass is 32.1. The van der Waals surface area contributed by atoms with Gasteiger partial charge in [0.05, 0.1) is 4.88 Å². The van der Waals surface area contributed by atoms with Gasteiger partial charge in [-0.15, -0.1) is 11.3 Å². The van der Waals surface area contributed by atoms with Crippen molar-refractivity contribution < 1.29 is 23.1 Å². The molecule has 0 aliphatic carbocycles. The molecule has 0 saturated heterocycles. The predicted molar refractivity (Wildman–Crippen MR) is 43.5 cm³/mol. The zero-order chi connectivity index (χ0) is 11.0. The Hall–Kier alpha value is -1.08. The van der Waals surface area contributed by atoms with Crippen LogP contribution in [0.3, 0.4) is 0 Å². The second-order valence-corrected chi connectivity index (χ2v) is 3.50. The molecule has 78 valence electrons. The predicted octanol–water partition coefficient (Wildman–Crippen LogP) is 0.983. The van der Waals surface area contributed by atoms with E-state index in [0.717, 1.165) is 6.07 Å². The van der Waals surface area contributed by atoms with Gasteiger partial charge in [-0.1, -0.05) is 6.07 Å². The summed E-state index contributed by atoms with van der Waals surface area (Å²) in [6, 6.07) is 2.29. The van der Waals surface area contributed by atoms with Crippen molar-refractivity contribution in [1.29, 1.82) is 0 Å². The molecule has 0 bridgehead atoms. The Morgan fingerprint density at radius 1 is 1.50 bits per heavy atom. The Bertz CT molecular complexity index is 335. The van der Waals surface area contributed by atoms with Crippen molar-refractivity contribution in [2.24, 2.45) is 5.73 Å². The maximum atomic E-state index is 12.4. The first-order chi connectivity index (χ1) is 6.30. The first-order valence-corrected chi connectivity index (χ1v) is 4.31. The van der Waals surface area contributed by atoms with E-state index >= 15 is 0 Å². The van der Waals surface area contributed by atoms with Crippen LogP contribution < -0.4 is 5.73 Å². The minimum Gasteiger partial charge on any atom is -0.368 e. The molecule has 0 saturated carbocycles. The fraction of sp³-hybridized carbons (Fsp3) is 0.286. The summed E-state index contributed by atoms with van der Waals surface area (Å²) in [4.78, 5) is 10.1. The van der Waals surface area contributed by atoms with Crippen molar-refractivity contribution >= 4 is 17.2 Å². The number of alkyl halides is 3. The molecule has 1 amide bonds. The van der Waals surface area contributed by atoms with Gasteiger partial charge >= 0.3 is 6.18 Å². The number of nitrogens with two attached hydrogens (primary N) is 1. The first-order valence-electron chi connectivity index (χ1n) is 3.43. The van der Waals surface area contributed by atoms with Crippen LogP contribution >= 0.6 is 11.3 Å². The lowest BCUT2D eigenvalue weighted by Gasteiger charge is -2.25. The summed E-state index contributed by atoms with van der Waals surface area (Å²) >= 11 is 0.614. The van der Waals surface area contributed by atoms with Crippen LogP contribution in [0.1, 0.15) is 4.88 Å². The maximum Gasteiger partial charge on any atom is 0.431 e. The second-order valence-electron chi connectivity index (χ2n) is 2.55. The van der Waals surface area contributed by atoms with Crippen molar-refractivity contribution in [2.45, 2.75) is 11.8 Å². The number of aliphatic hydroxyl groups is 1. The highest BCUT2D eigenvalue weighted by Crippen LogP contribution is 2.40. The summed E-state index contributed by atoms with van der Waals surface area (Å²) in [5, 5.41) is 10.5. The molecule has 14 heavy (non-hydrogen) atoms. The molecule has 0 aliphatic heterocycles. The molecule has 0 spiro atoms. The number of halogens is 3. The summed E-state index contributed by atoms with van der Waals surface area (Å²) in [6.07, 6.45) is -5.11. The van der Waals surface area contributed by atoms with Gasteiger partial charge in [-0.3, -0.25) is 4.79 Å². The minimum atomic E-state index is -5.11. The molecular formula is C7H6F3NO2S. The van der Waals surface area contributed by atoms with Gasteiger partial charge in [0.15, 0.2) is 0 Å². The number of rotatable bonds is 2. The van der Waals surface area contributed by atoms with Gasteiger partial charge < -0.3 is 10.8 Å². The van der Waals surface area contributed by atoms with Crippen molar-refractivity contribution in [3.05, 3.63) is 22.4 Å². The van der Waals surface area contributed by atoms with Crippen molar-refractivity contribution in [3.63, 3.8) is 0 Å². The normalized spacial score (nSPS) is 16.3. The molecule has 0 radical (unpaired) electrons. The molecule has 0 aliphatic rings. The quantitative estimate of drug-likeness (QED) is 0.788. The van der Waals surface area contributed by atoms with Gasteiger partial charge in [-0.2, -0.15) is 13.2 Å². The van der Waals surface area contributed by atoms with E-state index in [1.807, 2.05) is 0 Å². The number of carbonyl (C=O) groups excluding carboxylic acids is 1. The van der Waals surface area contributed by atoms with Gasteiger partial charge in [-0.05, 0) is 11.4 Å². The fourth-order valence-corrected chi connectivity index (χ4v) is 1.73. The smallest absolute Gasteiger partial charge is 0.368 e. The Labute approximate surface area is 81.0 Å². The standard InChI is InChI=1S/C7H6F3NO2S/c8-7(9,10)6(13,5(11)12)4-2-1-3-14-4/h1-3,13H,(H2,11,12). The lowest BCUT2D eigenvalue weighted by molar-refractivity contribution is -0.254. The van der Waals surface area contributed by atoms with Crippen molar-refractivity contribution in [3.8, 4) is 0 Å². The van der Waals surface area contributed by atoms with Crippen LogP contribution in [0, 0.1) is 0 Å². The third-order valence-electron chi connectivity index (χ3n) is 1.64. The van der Waals surface area contributed by atoms with E-state index in [1.165, 1.54) is 11.4 Å². The van der Waals surface area contributed by atoms with Gasteiger partial charge in [0.1, 0.15) is 0 Å². The number of carbonyl (C=O) groups is 1. The Balaban J connectivity index is 3.27. The zero-order valence-electron chi connectivity index (χ0n) is 6.71. The number of thiophene rings is 1. The largest absolute Gasteiger partial charge is 0.431 e. The number of hydrogen-bond acceptors (Lipinski definition) is 3. The average Bonchev–Trinajstić information content (AvgIpc) is 2.52. The summed E-state index contributed by atoms with van der Waals surface area (Å²) in [5.41, 5.74) is 0.964. The Morgan fingerprint density at radius 2 is 2.07 bits per heavy atom. The highest BCUT2D eigenvalue weighted by molar-refractivity contribution is 7.10. The van der Waals surface area contributed by atoms with Gasteiger partial charge in [-0.25, -0.2) is 0 Å². The zero-order valence-corrected chi connectivity index (χ0v) is 7.52. The summed E-state index contributed by atoms with van der Waals surface area (Å²) < 4.78 is 37.1. The van der Waals surface area contributed by atoms with E-state index < -0.39 is 22.6 Å². The van der Waals surface area contributed by atoms with Crippen molar-refractivity contribution in [1.82, 2.24) is 0 Å². The van der Waals surface area contributed by atoms with Crippen LogP contribution in [0.5, 0.6) is 0 Å². The molecule has 1 unspecified atom stereocenters. The second kappa shape index (κ2) is 3.25. The van der Waals surface area contributed by atoms with E-state index in [0.29, 0.717) is 11.3 Å². The van der Waals surface area contributed by atoms with E-state index in [-0.39, 0.29) is 0 Å². The molecule has 1 aromatic rings. The average molecular weight is 225 g/mol. The van der Waals surface area contributed by atoms with Crippen LogP contribution in [0.2, 0.25) is 0 Å². The Morgan fingerprint density at radius 3 is 2.36 bits per heavy atom. The number of amides is 1. The SMILES string of the molecule is NC(=O)C(O)(c1cccs1)C(F)(F)F. The molecule has 0 aromatic carbocycles. The molecule has 3 N–H and O–H groups in total. The molecule has 1 aromatic heterocycles. The third-order valence-corrected chi connectivity index (χ3v) is 2.62. The molecule has 7 heteroatoms. The van der Waals surface area contributed by atoms with Crippen LogP contribution in [-0.2, 0) is 10.4 Å². The van der Waals surface area contributed by atoms with Crippen molar-refractivity contribution in [2.75, 3.05) is 0 Å². The molecule has 1 rings (SSSR count). The molecule has 3 nitrogen and oxygen atoms in total. The number of primary amides is 1. The fourth-order valence-electron chi connectivity index (χ4n) is 0.885. The van der Waals surface area contributed by atoms with Gasteiger partial charge in [0.2, 0.25) is 0 Å². The van der Waals surface area contributed by atoms with Crippen LogP contribution in [0.25, 0.3) is 0 Å². The topological polar surface area (TPSA) is 63.3 Å². The molecule has 1 atom stereocenters. The van der Waals surface area contributed by atoms with E-state index in [2.05, 4.69) is 5.73 Å². The Kier molecular flexibility index (Phi) is 2.55. The summed E-state index contributed by atoms with van der Waals surface area (Å²) in [6.45, 7) is 0. The van der Waals surface area contributed by atoms with Crippen LogP contribution in [0.4, 0.5) is 13.2 Å². The lowest BCUT2D eigenvalue weighted by Crippen LogP contribution is -2.52. The minimum absolute atomic E-state index is 0.530. The van der Waals surface area contributed by atoms with E-state index in [9.17, 15) is 23.1 Å². The summed E-state index contributed by atoms with van der Waals surface area (Å²) in [5.74, 6) is -1.83. The first kappa shape index (κ1) is 11.0. The van der Waals surface area contributed by atoms with E-state index in [1.54, 1.807) is 0 Å². The highest BCUT2D eigenvalue weighted by Gasteiger charge is 2.60. The monoisotopic (exact) mass is 225 g/mol. The maximum absolute atomic E-state index is 12.4. The third kappa shape index (κ3) is 1.48. The number of hydrogen-bond donors (Lipinski definition) is 2. The molecular weight excluding hydrogens is 219 g/mol. The van der Waals surface area contributed by atoms with Crippen LogP contribution in [0.15, 0.2) is 17.5 Å². The van der Waals surface area contributed by atoms with Gasteiger partial charge in [0, 0.05) is 0 Å². The lowest BCUT2D eigenvalue weighted by atomic mass is 10.0. The molecule has 0 fully saturated rings. The van der Waals surface area contributed by atoms with E-state index in [4.69, 9.17) is 0 Å². The summed E-state index contributed by atoms with van der Waals surface area (Å²) in [7, 11) is 0. The van der Waals surface area contributed by atoms with Gasteiger partial charge in [0.25, 0.3) is 11.5 Å². The molecule has 1 heterocycles.